The lowest BCUT2D eigenvalue weighted by Crippen LogP contribution is -1.78. The number of benzene rings is 1. The summed E-state index contributed by atoms with van der Waals surface area (Å²) >= 11 is 0. The average molecular weight is 166 g/mol. The Bertz CT molecular complexity index is 308. The van der Waals surface area contributed by atoms with Crippen LogP contribution in [0, 0.1) is 5.82 Å². The molecule has 4 nitrogen and oxygen atoms in total. The molecule has 0 bridgehead atoms. The Morgan fingerprint density at radius 3 is 2.75 bits per heavy atom. The Kier molecular flexibility index (Phi) is 2.89. The van der Waals surface area contributed by atoms with Crippen molar-refractivity contribution in [3.8, 4) is 0 Å². The number of hydrogen-bond donors (Lipinski definition) is 1. The van der Waals surface area contributed by atoms with Gasteiger partial charge in [0, 0.05) is 0 Å². The van der Waals surface area contributed by atoms with Crippen molar-refractivity contribution in [1.29, 1.82) is 0 Å². The van der Waals surface area contributed by atoms with Gasteiger partial charge in [-0.25, -0.2) is 4.39 Å². The van der Waals surface area contributed by atoms with Crippen molar-refractivity contribution in [1.82, 2.24) is 0 Å². The van der Waals surface area contributed by atoms with Crippen LogP contribution < -0.4 is 5.84 Å². The van der Waals surface area contributed by atoms with E-state index < -0.39 is 5.82 Å². The lowest BCUT2D eigenvalue weighted by atomic mass is 10.3. The molecule has 5 heteroatoms. The molecule has 0 saturated heterocycles. The van der Waals surface area contributed by atoms with Gasteiger partial charge in [-0.1, -0.05) is 12.1 Å². The maximum Gasteiger partial charge on any atom is 0.157 e. The molecular formula is C7H7FN4. The summed E-state index contributed by atoms with van der Waals surface area (Å²) in [5, 5.41) is 9.98. The van der Waals surface area contributed by atoms with Crippen molar-refractivity contribution in [2.24, 2.45) is 21.2 Å². The minimum absolute atomic E-state index is 0.164. The SMILES string of the molecule is NN=CN=Nc1ccccc1F. The Hall–Kier alpha value is -1.78. The summed E-state index contributed by atoms with van der Waals surface area (Å²) in [6.07, 6.45) is 1.03. The molecule has 0 radical (unpaired) electrons. The van der Waals surface area contributed by atoms with Crippen LogP contribution in [-0.2, 0) is 0 Å². The highest BCUT2D eigenvalue weighted by Gasteiger charge is 1.95. The number of azo groups is 1. The molecule has 0 aliphatic carbocycles. The predicted octanol–water partition coefficient (Wildman–Crippen LogP) is 1.81. The number of nitrogens with zero attached hydrogens (tertiary/aromatic N) is 3. The standard InChI is InChI=1S/C7H7FN4/c8-6-3-1-2-4-7(6)12-11-5-10-9/h1-5H,9H2. The van der Waals surface area contributed by atoms with Gasteiger partial charge in [0.2, 0.25) is 0 Å². The molecular weight excluding hydrogens is 159 g/mol. The third-order valence-corrected chi connectivity index (χ3v) is 1.14. The highest BCUT2D eigenvalue weighted by Crippen LogP contribution is 2.15. The van der Waals surface area contributed by atoms with E-state index in [0.717, 1.165) is 6.34 Å². The zero-order valence-electron chi connectivity index (χ0n) is 6.18. The summed E-state index contributed by atoms with van der Waals surface area (Å²) < 4.78 is 12.8. The summed E-state index contributed by atoms with van der Waals surface area (Å²) in [6.45, 7) is 0. The van der Waals surface area contributed by atoms with Gasteiger partial charge in [-0.05, 0) is 12.1 Å². The molecule has 0 atom stereocenters. The number of hydrogen-bond acceptors (Lipinski definition) is 3. The zero-order valence-corrected chi connectivity index (χ0v) is 6.18. The van der Waals surface area contributed by atoms with E-state index in [9.17, 15) is 4.39 Å². The Morgan fingerprint density at radius 1 is 1.33 bits per heavy atom. The highest BCUT2D eigenvalue weighted by atomic mass is 19.1. The number of rotatable bonds is 2. The zero-order chi connectivity index (χ0) is 8.81. The molecule has 1 aromatic rings. The van der Waals surface area contributed by atoms with Gasteiger partial charge < -0.3 is 5.84 Å². The van der Waals surface area contributed by atoms with E-state index in [-0.39, 0.29) is 5.69 Å². The van der Waals surface area contributed by atoms with E-state index in [1.807, 2.05) is 0 Å². The van der Waals surface area contributed by atoms with Gasteiger partial charge in [0.1, 0.15) is 5.69 Å². The van der Waals surface area contributed by atoms with Gasteiger partial charge in [-0.15, -0.1) is 10.2 Å². The maximum atomic E-state index is 12.8. The van der Waals surface area contributed by atoms with Crippen LogP contribution in [0.15, 0.2) is 39.6 Å². The minimum atomic E-state index is -0.424. The Balaban J connectivity index is 2.82. The molecule has 12 heavy (non-hydrogen) atoms. The molecule has 62 valence electrons. The molecule has 0 saturated carbocycles. The molecule has 1 aromatic carbocycles. The molecule has 0 spiro atoms. The van der Waals surface area contributed by atoms with E-state index in [2.05, 4.69) is 15.3 Å². The van der Waals surface area contributed by atoms with Crippen molar-refractivity contribution in [3.05, 3.63) is 30.1 Å². The molecule has 0 amide bonds. The molecule has 0 aliphatic rings. The fourth-order valence-corrected chi connectivity index (χ4v) is 0.651. The summed E-state index contributed by atoms with van der Waals surface area (Å²) in [7, 11) is 0. The first-order chi connectivity index (χ1) is 5.84. The quantitative estimate of drug-likeness (QED) is 0.235. The number of halogens is 1. The second kappa shape index (κ2) is 4.17. The second-order valence-corrected chi connectivity index (χ2v) is 1.93. The normalized spacial score (nSPS) is 11.4. The van der Waals surface area contributed by atoms with E-state index >= 15 is 0 Å². The lowest BCUT2D eigenvalue weighted by molar-refractivity contribution is 0.628. The minimum Gasteiger partial charge on any atom is -0.322 e. The van der Waals surface area contributed by atoms with Crippen LogP contribution in [0.3, 0.4) is 0 Å². The molecule has 1 rings (SSSR count). The molecule has 0 unspecified atom stereocenters. The van der Waals surface area contributed by atoms with Crippen molar-refractivity contribution < 1.29 is 4.39 Å². The van der Waals surface area contributed by atoms with Gasteiger partial charge in [-0.3, -0.25) is 0 Å². The average Bonchev–Trinajstić information content (AvgIpc) is 2.09. The van der Waals surface area contributed by atoms with Crippen molar-refractivity contribution in [3.63, 3.8) is 0 Å². The van der Waals surface area contributed by atoms with Crippen LogP contribution >= 0.6 is 0 Å². The van der Waals surface area contributed by atoms with Gasteiger partial charge in [0.15, 0.2) is 12.2 Å². The third kappa shape index (κ3) is 2.12. The largest absolute Gasteiger partial charge is 0.322 e. The van der Waals surface area contributed by atoms with E-state index in [1.165, 1.54) is 12.1 Å². The monoisotopic (exact) mass is 166 g/mol. The number of hydrazone groups is 1. The molecule has 0 heterocycles. The first-order valence-electron chi connectivity index (χ1n) is 3.21. The van der Waals surface area contributed by atoms with E-state index in [1.54, 1.807) is 12.1 Å². The smallest absolute Gasteiger partial charge is 0.157 e. The van der Waals surface area contributed by atoms with Crippen LogP contribution in [0.25, 0.3) is 0 Å². The van der Waals surface area contributed by atoms with Crippen LogP contribution in [0.1, 0.15) is 0 Å². The fourth-order valence-electron chi connectivity index (χ4n) is 0.651. The maximum absolute atomic E-state index is 12.8. The van der Waals surface area contributed by atoms with Gasteiger partial charge in [0.25, 0.3) is 0 Å². The van der Waals surface area contributed by atoms with E-state index in [0.29, 0.717) is 0 Å². The Morgan fingerprint density at radius 2 is 2.08 bits per heavy atom. The highest BCUT2D eigenvalue weighted by molar-refractivity contribution is 5.54. The summed E-state index contributed by atoms with van der Waals surface area (Å²) in [5.41, 5.74) is 0.164. The first kappa shape index (κ1) is 8.32. The molecule has 0 aliphatic heterocycles. The van der Waals surface area contributed by atoms with E-state index in [4.69, 9.17) is 5.84 Å². The van der Waals surface area contributed by atoms with Crippen molar-refractivity contribution in [2.45, 2.75) is 0 Å². The van der Waals surface area contributed by atoms with Crippen LogP contribution in [0.5, 0.6) is 0 Å². The van der Waals surface area contributed by atoms with Crippen molar-refractivity contribution >= 4 is 12.0 Å². The number of nitrogens with two attached hydrogens (primary N) is 1. The van der Waals surface area contributed by atoms with Crippen LogP contribution in [0.4, 0.5) is 10.1 Å². The third-order valence-electron chi connectivity index (χ3n) is 1.14. The van der Waals surface area contributed by atoms with Crippen LogP contribution in [0.2, 0.25) is 0 Å². The molecule has 2 N–H and O–H groups in total. The van der Waals surface area contributed by atoms with Gasteiger partial charge in [0.05, 0.1) is 0 Å². The van der Waals surface area contributed by atoms with Gasteiger partial charge >= 0.3 is 0 Å². The molecule has 0 fully saturated rings. The summed E-state index contributed by atoms with van der Waals surface area (Å²) in [4.78, 5) is 0. The second-order valence-electron chi connectivity index (χ2n) is 1.93. The predicted molar refractivity (Wildman–Crippen MR) is 43.6 cm³/mol. The first-order valence-corrected chi connectivity index (χ1v) is 3.21. The Labute approximate surface area is 68.6 Å². The summed E-state index contributed by atoms with van der Waals surface area (Å²) in [5.74, 6) is 4.33. The van der Waals surface area contributed by atoms with Crippen LogP contribution in [-0.4, -0.2) is 6.34 Å². The molecule has 0 aromatic heterocycles. The summed E-state index contributed by atoms with van der Waals surface area (Å²) in [6, 6.07) is 6.04. The topological polar surface area (TPSA) is 63.1 Å². The lowest BCUT2D eigenvalue weighted by Gasteiger charge is -1.90. The van der Waals surface area contributed by atoms with Crippen molar-refractivity contribution in [2.75, 3.05) is 0 Å². The van der Waals surface area contributed by atoms with Gasteiger partial charge in [-0.2, -0.15) is 5.10 Å². The fraction of sp³-hybridized carbons (Fsp3) is 0.